The molecule has 0 atom stereocenters. The third-order valence-electron chi connectivity index (χ3n) is 4.28. The van der Waals surface area contributed by atoms with Crippen molar-refractivity contribution >= 4 is 17.8 Å². The maximum atomic E-state index is 12.1. The first kappa shape index (κ1) is 18.6. The van der Waals surface area contributed by atoms with Crippen LogP contribution in [0.1, 0.15) is 11.1 Å². The van der Waals surface area contributed by atoms with E-state index in [4.69, 9.17) is 9.47 Å². The highest BCUT2D eigenvalue weighted by Gasteiger charge is 2.21. The Hall–Kier alpha value is -3.22. The van der Waals surface area contributed by atoms with Crippen LogP contribution in [0.15, 0.2) is 48.5 Å². The molecule has 0 unspecified atom stereocenters. The predicted octanol–water partition coefficient (Wildman–Crippen LogP) is 3.01. The largest absolute Gasteiger partial charge is 0.496 e. The van der Waals surface area contributed by atoms with Crippen LogP contribution >= 0.6 is 0 Å². The Morgan fingerprint density at radius 2 is 2.07 bits per heavy atom. The number of amides is 3. The van der Waals surface area contributed by atoms with Crippen molar-refractivity contribution in [3.8, 4) is 5.75 Å². The fourth-order valence-electron chi connectivity index (χ4n) is 2.93. The molecule has 0 bridgehead atoms. The van der Waals surface area contributed by atoms with Crippen molar-refractivity contribution in [2.75, 3.05) is 32.1 Å². The number of anilines is 1. The van der Waals surface area contributed by atoms with Gasteiger partial charge in [-0.2, -0.15) is 0 Å². The van der Waals surface area contributed by atoms with E-state index in [0.717, 1.165) is 16.9 Å². The molecule has 0 aliphatic carbocycles. The van der Waals surface area contributed by atoms with E-state index in [1.807, 2.05) is 48.5 Å². The van der Waals surface area contributed by atoms with E-state index < -0.39 is 0 Å². The lowest BCUT2D eigenvalue weighted by atomic mass is 10.1. The summed E-state index contributed by atoms with van der Waals surface area (Å²) in [7, 11) is 1.63. The van der Waals surface area contributed by atoms with Crippen molar-refractivity contribution in [3.05, 3.63) is 59.7 Å². The van der Waals surface area contributed by atoms with Crippen LogP contribution in [0.5, 0.6) is 5.75 Å². The molecule has 1 aliphatic heterocycles. The van der Waals surface area contributed by atoms with E-state index in [1.165, 1.54) is 0 Å². The monoisotopic (exact) mass is 369 g/mol. The summed E-state index contributed by atoms with van der Waals surface area (Å²) in [5.41, 5.74) is 2.65. The molecule has 142 valence electrons. The van der Waals surface area contributed by atoms with Crippen molar-refractivity contribution in [2.24, 2.45) is 0 Å². The minimum Gasteiger partial charge on any atom is -0.496 e. The molecular weight excluding hydrogens is 346 g/mol. The van der Waals surface area contributed by atoms with Gasteiger partial charge in [0.2, 0.25) is 0 Å². The van der Waals surface area contributed by atoms with E-state index in [9.17, 15) is 9.59 Å². The number of methoxy groups -OCH3 is 1. The lowest BCUT2D eigenvalue weighted by Gasteiger charge is -2.14. The van der Waals surface area contributed by atoms with Gasteiger partial charge in [0.1, 0.15) is 12.4 Å². The number of nitrogens with one attached hydrogen (secondary N) is 2. The minimum atomic E-state index is -0.303. The van der Waals surface area contributed by atoms with Crippen LogP contribution < -0.4 is 15.4 Å². The van der Waals surface area contributed by atoms with Gasteiger partial charge >= 0.3 is 12.1 Å². The topological polar surface area (TPSA) is 79.9 Å². The Labute approximate surface area is 158 Å². The van der Waals surface area contributed by atoms with Crippen LogP contribution in [0.25, 0.3) is 0 Å². The molecular formula is C20H23N3O4. The first-order chi connectivity index (χ1) is 13.2. The van der Waals surface area contributed by atoms with Crippen LogP contribution in [0.4, 0.5) is 15.3 Å². The standard InChI is InChI=1S/C20H23N3O4/c1-26-18-8-3-2-6-16(18)9-10-21-19(24)22-17-7-4-5-15(13-17)14-23-11-12-27-20(23)25/h2-8,13H,9-12,14H2,1H3,(H2,21,22,24). The lowest BCUT2D eigenvalue weighted by Crippen LogP contribution is -2.30. The second kappa shape index (κ2) is 8.93. The van der Waals surface area contributed by atoms with Crippen LogP contribution in [0.2, 0.25) is 0 Å². The summed E-state index contributed by atoms with van der Waals surface area (Å²) in [6, 6.07) is 14.9. The zero-order valence-electron chi connectivity index (χ0n) is 15.2. The van der Waals surface area contributed by atoms with E-state index in [2.05, 4.69) is 10.6 Å². The molecule has 1 aliphatic rings. The number of carbonyl (C=O) groups is 2. The smallest absolute Gasteiger partial charge is 0.410 e. The van der Waals surface area contributed by atoms with E-state index in [-0.39, 0.29) is 12.1 Å². The van der Waals surface area contributed by atoms with Gasteiger partial charge in [0.15, 0.2) is 0 Å². The number of ether oxygens (including phenoxy) is 2. The van der Waals surface area contributed by atoms with Crippen LogP contribution in [0.3, 0.4) is 0 Å². The summed E-state index contributed by atoms with van der Waals surface area (Å²) in [6.07, 6.45) is 0.372. The highest BCUT2D eigenvalue weighted by Crippen LogP contribution is 2.17. The van der Waals surface area contributed by atoms with Crippen molar-refractivity contribution in [3.63, 3.8) is 0 Å². The maximum absolute atomic E-state index is 12.1. The molecule has 7 nitrogen and oxygen atoms in total. The molecule has 2 N–H and O–H groups in total. The summed E-state index contributed by atoms with van der Waals surface area (Å²) >= 11 is 0. The van der Waals surface area contributed by atoms with Gasteiger partial charge in [-0.05, 0) is 35.7 Å². The van der Waals surface area contributed by atoms with Gasteiger partial charge in [0.25, 0.3) is 0 Å². The van der Waals surface area contributed by atoms with Crippen molar-refractivity contribution in [1.29, 1.82) is 0 Å². The number of carbonyl (C=O) groups excluding carboxylic acids is 2. The number of rotatable bonds is 7. The number of cyclic esters (lactones) is 1. The van der Waals surface area contributed by atoms with E-state index in [1.54, 1.807) is 12.0 Å². The normalized spacial score (nSPS) is 13.2. The van der Waals surface area contributed by atoms with Crippen molar-refractivity contribution in [2.45, 2.75) is 13.0 Å². The van der Waals surface area contributed by atoms with E-state index in [0.29, 0.717) is 38.3 Å². The molecule has 3 amide bonds. The van der Waals surface area contributed by atoms with Gasteiger partial charge in [0.05, 0.1) is 13.7 Å². The number of hydrogen-bond acceptors (Lipinski definition) is 4. The Balaban J connectivity index is 1.49. The average molecular weight is 369 g/mol. The average Bonchev–Trinajstić information content (AvgIpc) is 3.07. The molecule has 0 aromatic heterocycles. The quantitative estimate of drug-likeness (QED) is 0.786. The van der Waals surface area contributed by atoms with Gasteiger partial charge in [-0.1, -0.05) is 30.3 Å². The highest BCUT2D eigenvalue weighted by molar-refractivity contribution is 5.89. The number of nitrogens with zero attached hydrogens (tertiary/aromatic N) is 1. The summed E-state index contributed by atoms with van der Waals surface area (Å²) in [5, 5.41) is 5.66. The van der Waals surface area contributed by atoms with Gasteiger partial charge in [-0.25, -0.2) is 9.59 Å². The molecule has 2 aromatic carbocycles. The molecule has 7 heteroatoms. The van der Waals surface area contributed by atoms with Crippen LogP contribution in [-0.4, -0.2) is 43.8 Å². The summed E-state index contributed by atoms with van der Waals surface area (Å²) in [5.74, 6) is 0.813. The molecule has 1 saturated heterocycles. The second-order valence-corrected chi connectivity index (χ2v) is 6.18. The molecule has 0 radical (unpaired) electrons. The van der Waals surface area contributed by atoms with Gasteiger partial charge in [-0.15, -0.1) is 0 Å². The summed E-state index contributed by atoms with van der Waals surface area (Å²) in [4.78, 5) is 25.3. The number of benzene rings is 2. The predicted molar refractivity (Wildman–Crippen MR) is 102 cm³/mol. The second-order valence-electron chi connectivity index (χ2n) is 6.18. The first-order valence-corrected chi connectivity index (χ1v) is 8.83. The van der Waals surface area contributed by atoms with Gasteiger partial charge in [-0.3, -0.25) is 0 Å². The molecule has 27 heavy (non-hydrogen) atoms. The van der Waals surface area contributed by atoms with Crippen molar-refractivity contribution < 1.29 is 19.1 Å². The minimum absolute atomic E-state index is 0.275. The molecule has 0 spiro atoms. The lowest BCUT2D eigenvalue weighted by molar-refractivity contribution is 0.157. The van der Waals surface area contributed by atoms with Gasteiger partial charge < -0.3 is 25.0 Å². The van der Waals surface area contributed by atoms with Gasteiger partial charge in [0, 0.05) is 18.8 Å². The molecule has 0 saturated carbocycles. The Morgan fingerprint density at radius 3 is 2.85 bits per heavy atom. The van der Waals surface area contributed by atoms with Crippen LogP contribution in [-0.2, 0) is 17.7 Å². The number of hydrogen-bond donors (Lipinski definition) is 2. The fourth-order valence-corrected chi connectivity index (χ4v) is 2.93. The van der Waals surface area contributed by atoms with E-state index >= 15 is 0 Å². The maximum Gasteiger partial charge on any atom is 0.410 e. The van der Waals surface area contributed by atoms with Crippen molar-refractivity contribution in [1.82, 2.24) is 10.2 Å². The number of para-hydroxylation sites is 1. The zero-order chi connectivity index (χ0) is 19.1. The highest BCUT2D eigenvalue weighted by atomic mass is 16.6. The summed E-state index contributed by atoms with van der Waals surface area (Å²) < 4.78 is 10.2. The van der Waals surface area contributed by atoms with Crippen LogP contribution in [0, 0.1) is 0 Å². The Bertz CT molecular complexity index is 809. The Kier molecular flexibility index (Phi) is 6.14. The molecule has 1 heterocycles. The molecule has 2 aromatic rings. The number of urea groups is 1. The third-order valence-corrected chi connectivity index (χ3v) is 4.28. The molecule has 3 rings (SSSR count). The first-order valence-electron chi connectivity index (χ1n) is 8.83. The zero-order valence-corrected chi connectivity index (χ0v) is 15.2. The third kappa shape index (κ3) is 5.13. The Morgan fingerprint density at radius 1 is 1.22 bits per heavy atom. The molecule has 1 fully saturated rings. The summed E-state index contributed by atoms with van der Waals surface area (Å²) in [6.45, 7) is 1.96. The SMILES string of the molecule is COc1ccccc1CCNC(=O)Nc1cccc(CN2CCOC2=O)c1. The fraction of sp³-hybridized carbons (Fsp3) is 0.300.